The Labute approximate surface area is 150 Å². The summed E-state index contributed by atoms with van der Waals surface area (Å²) in [7, 11) is 0. The molecule has 0 saturated carbocycles. The van der Waals surface area contributed by atoms with Gasteiger partial charge in [-0.3, -0.25) is 4.79 Å². The van der Waals surface area contributed by atoms with Gasteiger partial charge in [-0.1, -0.05) is 15.9 Å². The van der Waals surface area contributed by atoms with Gasteiger partial charge in [-0.05, 0) is 48.0 Å². The quantitative estimate of drug-likeness (QED) is 0.689. The van der Waals surface area contributed by atoms with Crippen molar-refractivity contribution < 1.29 is 13.6 Å². The summed E-state index contributed by atoms with van der Waals surface area (Å²) < 4.78 is 29.7. The van der Waals surface area contributed by atoms with Crippen molar-refractivity contribution in [2.75, 3.05) is 5.32 Å². The maximum atomic E-state index is 14.3. The normalized spacial score (nSPS) is 16.4. The zero-order chi connectivity index (χ0) is 17.6. The highest BCUT2D eigenvalue weighted by Crippen LogP contribution is 2.39. The predicted octanol–water partition coefficient (Wildman–Crippen LogP) is 4.39. The first-order valence-electron chi connectivity index (χ1n) is 7.61. The van der Waals surface area contributed by atoms with Gasteiger partial charge >= 0.3 is 0 Å². The fourth-order valence-corrected chi connectivity index (χ4v) is 3.44. The number of carbonyl (C=O) groups is 1. The van der Waals surface area contributed by atoms with Crippen molar-refractivity contribution in [3.63, 3.8) is 0 Å². The summed E-state index contributed by atoms with van der Waals surface area (Å²) in [6.45, 7) is 0. The second-order valence-corrected chi connectivity index (χ2v) is 6.72. The van der Waals surface area contributed by atoms with Crippen LogP contribution in [-0.4, -0.2) is 15.7 Å². The van der Waals surface area contributed by atoms with Crippen LogP contribution in [-0.2, 0) is 4.79 Å². The van der Waals surface area contributed by atoms with E-state index in [9.17, 15) is 13.6 Å². The van der Waals surface area contributed by atoms with Crippen molar-refractivity contribution in [1.29, 1.82) is 0 Å². The summed E-state index contributed by atoms with van der Waals surface area (Å²) in [5, 5.41) is 7.09. The lowest BCUT2D eigenvalue weighted by Gasteiger charge is -2.24. The molecule has 2 aromatic carbocycles. The Balaban J connectivity index is 1.84. The van der Waals surface area contributed by atoms with Crippen molar-refractivity contribution in [2.45, 2.75) is 12.3 Å². The first kappa shape index (κ1) is 16.0. The summed E-state index contributed by atoms with van der Waals surface area (Å²) in [6, 6.07) is 10.4. The molecule has 1 aromatic heterocycles. The molecule has 0 radical (unpaired) electrons. The summed E-state index contributed by atoms with van der Waals surface area (Å²) >= 11 is 3.34. The lowest BCUT2D eigenvalue weighted by molar-refractivity contribution is -0.116. The Morgan fingerprint density at radius 1 is 1.12 bits per heavy atom. The highest BCUT2D eigenvalue weighted by molar-refractivity contribution is 9.10. The van der Waals surface area contributed by atoms with Gasteiger partial charge < -0.3 is 5.32 Å². The van der Waals surface area contributed by atoms with E-state index < -0.39 is 5.92 Å². The van der Waals surface area contributed by atoms with E-state index in [1.807, 2.05) is 0 Å². The molecule has 1 aliphatic heterocycles. The summed E-state index contributed by atoms with van der Waals surface area (Å²) in [5.74, 6) is -0.908. The molecule has 1 aliphatic rings. The molecule has 0 unspecified atom stereocenters. The first-order chi connectivity index (χ1) is 12.0. The molecule has 0 bridgehead atoms. The molecular formula is C18H12BrF2N3O. The van der Waals surface area contributed by atoms with Gasteiger partial charge in [0, 0.05) is 22.4 Å². The molecular weight excluding hydrogens is 392 g/mol. The molecule has 1 amide bonds. The molecule has 1 atom stereocenters. The molecule has 2 heterocycles. The largest absolute Gasteiger partial charge is 0.310 e. The number of fused-ring (bicyclic) bond motifs is 1. The molecule has 0 fully saturated rings. The topological polar surface area (TPSA) is 46.9 Å². The first-order valence-corrected chi connectivity index (χ1v) is 8.41. The third-order valence-electron chi connectivity index (χ3n) is 4.22. The molecule has 25 heavy (non-hydrogen) atoms. The highest BCUT2D eigenvalue weighted by Gasteiger charge is 2.32. The van der Waals surface area contributed by atoms with E-state index in [4.69, 9.17) is 0 Å². The Morgan fingerprint density at radius 3 is 2.64 bits per heavy atom. The molecule has 0 saturated heterocycles. The Hall–Kier alpha value is -2.54. The number of amides is 1. The highest BCUT2D eigenvalue weighted by atomic mass is 79.9. The van der Waals surface area contributed by atoms with Crippen LogP contribution in [0.1, 0.15) is 23.5 Å². The number of hydrogen-bond donors (Lipinski definition) is 1. The van der Waals surface area contributed by atoms with Crippen molar-refractivity contribution in [2.24, 2.45) is 0 Å². The van der Waals surface area contributed by atoms with Crippen molar-refractivity contribution in [3.05, 3.63) is 75.9 Å². The summed E-state index contributed by atoms with van der Waals surface area (Å²) in [4.78, 5) is 12.2. The number of nitrogens with one attached hydrogen (secondary N) is 1. The van der Waals surface area contributed by atoms with Gasteiger partial charge in [-0.15, -0.1) is 0 Å². The van der Waals surface area contributed by atoms with E-state index in [0.29, 0.717) is 17.1 Å². The number of anilines is 1. The average molecular weight is 404 g/mol. The standard InChI is InChI=1S/C18H12BrF2N3O/c19-10-1-6-16(21)14(7-10)13-8-17(25)23-18-15(13)9-22-24(18)12-4-2-11(20)3-5-12/h1-7,9,13H,8H2,(H,23,25)/t13-/m1/s1. The summed E-state index contributed by atoms with van der Waals surface area (Å²) in [6.07, 6.45) is 1.75. The molecule has 7 heteroatoms. The van der Waals surface area contributed by atoms with Crippen LogP contribution in [0.3, 0.4) is 0 Å². The van der Waals surface area contributed by atoms with E-state index >= 15 is 0 Å². The van der Waals surface area contributed by atoms with Gasteiger partial charge in [0.2, 0.25) is 5.91 Å². The zero-order valence-electron chi connectivity index (χ0n) is 12.8. The maximum absolute atomic E-state index is 14.3. The second kappa shape index (κ2) is 6.07. The number of carbonyl (C=O) groups excluding carboxylic acids is 1. The zero-order valence-corrected chi connectivity index (χ0v) is 14.4. The van der Waals surface area contributed by atoms with Crippen molar-refractivity contribution >= 4 is 27.7 Å². The number of nitrogens with zero attached hydrogens (tertiary/aromatic N) is 2. The van der Waals surface area contributed by atoms with Crippen LogP contribution in [0, 0.1) is 11.6 Å². The second-order valence-electron chi connectivity index (χ2n) is 5.81. The van der Waals surface area contributed by atoms with Gasteiger partial charge in [0.1, 0.15) is 17.5 Å². The van der Waals surface area contributed by atoms with Crippen LogP contribution in [0.2, 0.25) is 0 Å². The Morgan fingerprint density at radius 2 is 1.88 bits per heavy atom. The number of rotatable bonds is 2. The average Bonchev–Trinajstić information content (AvgIpc) is 3.01. The number of halogens is 3. The van der Waals surface area contributed by atoms with Crippen LogP contribution >= 0.6 is 15.9 Å². The molecule has 126 valence electrons. The monoisotopic (exact) mass is 403 g/mol. The fourth-order valence-electron chi connectivity index (χ4n) is 3.06. The van der Waals surface area contributed by atoms with Crippen LogP contribution in [0.25, 0.3) is 5.69 Å². The minimum absolute atomic E-state index is 0.134. The fraction of sp³-hybridized carbons (Fsp3) is 0.111. The van der Waals surface area contributed by atoms with Crippen LogP contribution in [0.5, 0.6) is 0 Å². The van der Waals surface area contributed by atoms with E-state index in [2.05, 4.69) is 26.3 Å². The maximum Gasteiger partial charge on any atom is 0.226 e. The predicted molar refractivity (Wildman–Crippen MR) is 92.7 cm³/mol. The minimum atomic E-state index is -0.435. The molecule has 3 aromatic rings. The number of aromatic nitrogens is 2. The molecule has 4 nitrogen and oxygen atoms in total. The lowest BCUT2D eigenvalue weighted by atomic mass is 9.87. The van der Waals surface area contributed by atoms with Gasteiger partial charge in [0.25, 0.3) is 0 Å². The van der Waals surface area contributed by atoms with Gasteiger partial charge in [-0.2, -0.15) is 5.10 Å². The van der Waals surface area contributed by atoms with Crippen molar-refractivity contribution in [3.8, 4) is 5.69 Å². The van der Waals surface area contributed by atoms with Crippen molar-refractivity contribution in [1.82, 2.24) is 9.78 Å². The minimum Gasteiger partial charge on any atom is -0.310 e. The molecule has 0 aliphatic carbocycles. The van der Waals surface area contributed by atoms with Gasteiger partial charge in [-0.25, -0.2) is 13.5 Å². The van der Waals surface area contributed by atoms with Crippen LogP contribution in [0.15, 0.2) is 53.1 Å². The van der Waals surface area contributed by atoms with E-state index in [1.54, 1.807) is 30.5 Å². The lowest BCUT2D eigenvalue weighted by Crippen LogP contribution is -2.25. The van der Waals surface area contributed by atoms with E-state index in [1.165, 1.54) is 22.9 Å². The van der Waals surface area contributed by atoms with Crippen LogP contribution < -0.4 is 5.32 Å². The third-order valence-corrected chi connectivity index (χ3v) is 4.72. The summed E-state index contributed by atoms with van der Waals surface area (Å²) in [5.41, 5.74) is 1.77. The third kappa shape index (κ3) is 2.84. The SMILES string of the molecule is O=C1C[C@H](c2cc(Br)ccc2F)c2cnn(-c3ccc(F)cc3)c2N1. The van der Waals surface area contributed by atoms with E-state index in [-0.39, 0.29) is 24.0 Å². The van der Waals surface area contributed by atoms with E-state index in [0.717, 1.165) is 10.0 Å². The molecule has 0 spiro atoms. The number of hydrogen-bond acceptors (Lipinski definition) is 2. The smallest absolute Gasteiger partial charge is 0.226 e. The Bertz CT molecular complexity index is 969. The molecule has 4 rings (SSSR count). The van der Waals surface area contributed by atoms with Gasteiger partial charge in [0.05, 0.1) is 11.9 Å². The number of benzene rings is 2. The van der Waals surface area contributed by atoms with Gasteiger partial charge in [0.15, 0.2) is 0 Å². The Kier molecular flexibility index (Phi) is 3.88. The van der Waals surface area contributed by atoms with Crippen LogP contribution in [0.4, 0.5) is 14.6 Å². The molecule has 1 N–H and O–H groups in total.